The molecule has 6 aromatic rings. The molecule has 0 bridgehead atoms. The number of alkyl halides is 11. The number of aliphatic hydroxyl groups excluding tert-OH is 1. The van der Waals surface area contributed by atoms with E-state index in [0.717, 1.165) is 29.0 Å². The van der Waals surface area contributed by atoms with Crippen molar-refractivity contribution in [3.05, 3.63) is 72.1 Å². The molecular formula is C37H39ClF12N10O4. The van der Waals surface area contributed by atoms with E-state index in [-0.39, 0.29) is 53.8 Å². The largest absolute Gasteiger partial charge is 0.463 e. The van der Waals surface area contributed by atoms with E-state index in [0.29, 0.717) is 30.9 Å². The summed E-state index contributed by atoms with van der Waals surface area (Å²) in [7, 11) is 0. The first kappa shape index (κ1) is 52.7. The van der Waals surface area contributed by atoms with Gasteiger partial charge in [-0.3, -0.25) is 0 Å². The van der Waals surface area contributed by atoms with Crippen LogP contribution in [0.1, 0.15) is 60.6 Å². The molecule has 0 aliphatic heterocycles. The van der Waals surface area contributed by atoms with Gasteiger partial charge in [0.05, 0.1) is 18.0 Å². The Hall–Kier alpha value is -5.63. The van der Waals surface area contributed by atoms with Gasteiger partial charge in [-0.1, -0.05) is 35.1 Å². The fourth-order valence-electron chi connectivity index (χ4n) is 4.35. The predicted molar refractivity (Wildman–Crippen MR) is 203 cm³/mol. The average Bonchev–Trinajstić information content (AvgIpc) is 3.83. The summed E-state index contributed by atoms with van der Waals surface area (Å²) in [6.45, 7) is 8.80. The van der Waals surface area contributed by atoms with Crippen LogP contribution >= 0.6 is 11.6 Å². The van der Waals surface area contributed by atoms with E-state index in [9.17, 15) is 52.7 Å². The number of nitrogens with zero attached hydrogens (tertiary/aromatic N) is 10. The number of hydrogen-bond acceptors (Lipinski definition) is 12. The van der Waals surface area contributed by atoms with E-state index in [1.165, 1.54) is 24.3 Å². The molecule has 6 aromatic heterocycles. The van der Waals surface area contributed by atoms with Gasteiger partial charge in [0.15, 0.2) is 35.1 Å². The third-order valence-electron chi connectivity index (χ3n) is 7.71. The average molecular weight is 951 g/mol. The second-order valence-corrected chi connectivity index (χ2v) is 14.4. The maximum absolute atomic E-state index is 14.4. The van der Waals surface area contributed by atoms with Crippen LogP contribution in [0.25, 0.3) is 33.8 Å². The van der Waals surface area contributed by atoms with Crippen molar-refractivity contribution in [1.29, 1.82) is 0 Å². The lowest BCUT2D eigenvalue weighted by Crippen LogP contribution is -2.31. The van der Waals surface area contributed by atoms with Crippen molar-refractivity contribution in [2.24, 2.45) is 11.8 Å². The summed E-state index contributed by atoms with van der Waals surface area (Å²) in [5, 5.41) is 25.9. The van der Waals surface area contributed by atoms with Crippen LogP contribution < -0.4 is 9.47 Å². The molecular weight excluding hydrogens is 912 g/mol. The highest BCUT2D eigenvalue weighted by atomic mass is 35.5. The van der Waals surface area contributed by atoms with Crippen molar-refractivity contribution < 1.29 is 72.0 Å². The van der Waals surface area contributed by atoms with E-state index in [4.69, 9.17) is 16.7 Å². The van der Waals surface area contributed by atoms with Gasteiger partial charge in [0.25, 0.3) is 17.6 Å². The summed E-state index contributed by atoms with van der Waals surface area (Å²) < 4.78 is 174. The number of hydrogen-bond donors (Lipinski definition) is 1. The van der Waals surface area contributed by atoms with Crippen molar-refractivity contribution in [2.75, 3.05) is 13.2 Å². The Morgan fingerprint density at radius 3 is 1.36 bits per heavy atom. The number of aliphatic hydroxyl groups is 1. The minimum atomic E-state index is -4.70. The lowest BCUT2D eigenvalue weighted by Gasteiger charge is -2.17. The summed E-state index contributed by atoms with van der Waals surface area (Å²) in [6, 6.07) is 6.88. The van der Waals surface area contributed by atoms with Gasteiger partial charge in [0.1, 0.15) is 0 Å². The number of ether oxygens (including phenoxy) is 3. The van der Waals surface area contributed by atoms with Gasteiger partial charge in [-0.2, -0.15) is 63.1 Å². The fraction of sp³-hybridized carbons (Fsp3) is 0.459. The molecule has 0 radical (unpaired) electrons. The smallest absolute Gasteiger partial charge is 0.425 e. The zero-order valence-corrected chi connectivity index (χ0v) is 34.2. The highest BCUT2D eigenvalue weighted by Crippen LogP contribution is 2.33. The molecule has 2 atom stereocenters. The minimum Gasteiger partial charge on any atom is -0.463 e. The van der Waals surface area contributed by atoms with Crippen LogP contribution in [0, 0.1) is 23.5 Å². The van der Waals surface area contributed by atoms with Crippen LogP contribution in [0.2, 0.25) is 0 Å². The molecule has 0 aromatic carbocycles. The Morgan fingerprint density at radius 1 is 0.625 bits per heavy atom. The molecule has 0 aliphatic carbocycles. The van der Waals surface area contributed by atoms with Gasteiger partial charge in [0.2, 0.25) is 5.82 Å². The van der Waals surface area contributed by atoms with E-state index in [1.54, 1.807) is 13.8 Å². The van der Waals surface area contributed by atoms with Gasteiger partial charge in [-0.05, 0) is 73.7 Å². The zero-order chi connectivity index (χ0) is 47.2. The molecule has 0 unspecified atom stereocenters. The van der Waals surface area contributed by atoms with Crippen LogP contribution in [0.4, 0.5) is 52.7 Å². The van der Waals surface area contributed by atoms with Gasteiger partial charge >= 0.3 is 23.8 Å². The fourth-order valence-corrected chi connectivity index (χ4v) is 4.47. The van der Waals surface area contributed by atoms with Crippen molar-refractivity contribution in [2.45, 2.75) is 85.0 Å². The van der Waals surface area contributed by atoms with E-state index < -0.39 is 71.1 Å². The summed E-state index contributed by atoms with van der Waals surface area (Å²) >= 11 is 4.93. The third-order valence-corrected chi connectivity index (χ3v) is 7.88. The lowest BCUT2D eigenvalue weighted by molar-refractivity contribution is -0.259. The number of pyridine rings is 2. The monoisotopic (exact) mass is 950 g/mol. The lowest BCUT2D eigenvalue weighted by atomic mass is 10.2. The molecule has 6 heterocycles. The van der Waals surface area contributed by atoms with Crippen molar-refractivity contribution >= 4 is 22.9 Å². The predicted octanol–water partition coefficient (Wildman–Crippen LogP) is 9.59. The SMILES string of the molecule is C.CC(C)CO.CC(C)COC(F)(F)c1nnc2ccc(-c3cnc(O[C@H](C)C(F)(F)F)c(F)c3)nn12.C[C@@H](Oc1ncc(-c2ccc3nnc(C(F)(F)Cl)n3n2)cc1F)C(F)(F)F. The molecule has 0 amide bonds. The Kier molecular flexibility index (Phi) is 17.2. The summed E-state index contributed by atoms with van der Waals surface area (Å²) in [4.78, 5) is 7.04. The first-order chi connectivity index (χ1) is 29.1. The zero-order valence-electron chi connectivity index (χ0n) is 33.4. The van der Waals surface area contributed by atoms with Crippen molar-refractivity contribution in [1.82, 2.24) is 49.6 Å². The second-order valence-electron chi connectivity index (χ2n) is 13.9. The molecule has 1 N–H and O–H groups in total. The molecule has 0 saturated heterocycles. The molecule has 64 heavy (non-hydrogen) atoms. The molecule has 0 fully saturated rings. The Labute approximate surface area is 360 Å². The quantitative estimate of drug-likeness (QED) is 0.0916. The highest BCUT2D eigenvalue weighted by Gasteiger charge is 2.41. The molecule has 0 saturated carbocycles. The standard InChI is InChI=1S/C18H17F6N5O2.C14H8ClF6N5O.C4H10O.CH4/c1-9(2)8-30-18(23,24)16-27-26-14-5-4-13(28-29(14)16)11-6-12(19)15(25-7-11)31-10(3)17(20,21)22;1-6(14(19,20)21)27-11-8(16)4-7(5-22-11)9-2-3-10-23-24-12(13(15,17)18)26(10)25-9;1-4(2)3-5;/h4-7,9-10H,8H2,1-3H3;2-6H,1H3;4-5H,3H2,1-2H3;1H4/t10-;6-;;/m11../s1. The first-order valence-electron chi connectivity index (χ1n) is 18.1. The first-order valence-corrected chi connectivity index (χ1v) is 18.4. The number of halogens is 13. The molecule has 352 valence electrons. The summed E-state index contributed by atoms with van der Waals surface area (Å²) in [5.41, 5.74) is -0.0711. The third kappa shape index (κ3) is 13.7. The Balaban J connectivity index is 0.000000306. The number of fused-ring (bicyclic) bond motifs is 2. The topological polar surface area (TPSA) is 160 Å². The van der Waals surface area contributed by atoms with Crippen LogP contribution in [0.3, 0.4) is 0 Å². The summed E-state index contributed by atoms with van der Waals surface area (Å²) in [6.07, 6.45) is -15.7. The van der Waals surface area contributed by atoms with E-state index >= 15 is 0 Å². The molecule has 27 heteroatoms. The van der Waals surface area contributed by atoms with Crippen molar-refractivity contribution in [3.8, 4) is 34.3 Å². The maximum Gasteiger partial charge on any atom is 0.425 e. The molecule has 0 aliphatic rings. The Morgan fingerprint density at radius 2 is 1.02 bits per heavy atom. The van der Waals surface area contributed by atoms with E-state index in [2.05, 4.69) is 54.8 Å². The van der Waals surface area contributed by atoms with Gasteiger partial charge in [0, 0.05) is 30.1 Å². The number of aromatic nitrogens is 10. The summed E-state index contributed by atoms with van der Waals surface area (Å²) in [5.74, 6) is -5.62. The van der Waals surface area contributed by atoms with E-state index in [1.807, 2.05) is 13.8 Å². The maximum atomic E-state index is 14.4. The van der Waals surface area contributed by atoms with Crippen molar-refractivity contribution in [3.63, 3.8) is 0 Å². The number of rotatable bonds is 12. The molecule has 0 spiro atoms. The van der Waals surface area contributed by atoms with Crippen LogP contribution in [0.15, 0.2) is 48.8 Å². The van der Waals surface area contributed by atoms with Crippen LogP contribution in [-0.4, -0.2) is 92.5 Å². The normalized spacial score (nSPS) is 13.2. The molecule has 6 rings (SSSR count). The van der Waals surface area contributed by atoms with Gasteiger partial charge < -0.3 is 19.3 Å². The Bertz CT molecular complexity index is 2460. The highest BCUT2D eigenvalue weighted by molar-refractivity contribution is 6.21. The minimum absolute atomic E-state index is 0. The van der Waals surface area contributed by atoms with Crippen LogP contribution in [-0.2, 0) is 16.2 Å². The van der Waals surface area contributed by atoms with Crippen LogP contribution in [0.5, 0.6) is 11.8 Å². The second kappa shape index (κ2) is 20.9. The van der Waals surface area contributed by atoms with Gasteiger partial charge in [-0.25, -0.2) is 18.7 Å². The molecule has 14 nitrogen and oxygen atoms in total. The van der Waals surface area contributed by atoms with Gasteiger partial charge in [-0.15, -0.1) is 20.4 Å².